The Balaban J connectivity index is 1.63. The van der Waals surface area contributed by atoms with Gasteiger partial charge in [0, 0.05) is 25.0 Å². The van der Waals surface area contributed by atoms with Gasteiger partial charge in [-0.1, -0.05) is 25.7 Å². The maximum Gasteiger partial charge on any atom is 0.127 e. The number of carbonyl (C=O) groups excluding carboxylic acids is 1. The van der Waals surface area contributed by atoms with Crippen LogP contribution in [0.1, 0.15) is 51.4 Å². The first-order valence-electron chi connectivity index (χ1n) is 7.64. The van der Waals surface area contributed by atoms with E-state index in [0.29, 0.717) is 12.2 Å². The number of hydrogen-bond donors (Lipinski definition) is 0. The van der Waals surface area contributed by atoms with Crippen molar-refractivity contribution in [2.75, 3.05) is 19.6 Å². The molecule has 102 valence electrons. The Morgan fingerprint density at radius 2 is 1.67 bits per heavy atom. The number of fused-ring (bicyclic) bond motifs is 2. The summed E-state index contributed by atoms with van der Waals surface area (Å²) < 4.78 is 5.88. The maximum atomic E-state index is 11.6. The van der Waals surface area contributed by atoms with Crippen LogP contribution in [0.3, 0.4) is 0 Å². The Kier molecular flexibility index (Phi) is 3.71. The molecule has 3 heteroatoms. The molecule has 2 unspecified atom stereocenters. The quantitative estimate of drug-likeness (QED) is 0.570. The molecule has 0 aromatic rings. The molecule has 3 fully saturated rings. The van der Waals surface area contributed by atoms with Crippen LogP contribution in [0.25, 0.3) is 0 Å². The molecule has 0 spiro atoms. The van der Waals surface area contributed by atoms with E-state index in [4.69, 9.17) is 4.74 Å². The van der Waals surface area contributed by atoms with Gasteiger partial charge in [0.05, 0.1) is 12.2 Å². The summed E-state index contributed by atoms with van der Waals surface area (Å²) in [7, 11) is 0. The molecular weight excluding hydrogens is 226 g/mol. The highest BCUT2D eigenvalue weighted by Gasteiger charge is 2.38. The van der Waals surface area contributed by atoms with Gasteiger partial charge in [-0.2, -0.15) is 0 Å². The van der Waals surface area contributed by atoms with Gasteiger partial charge in [0.1, 0.15) is 6.29 Å². The van der Waals surface area contributed by atoms with Crippen molar-refractivity contribution < 1.29 is 9.53 Å². The third-order valence-corrected chi connectivity index (χ3v) is 5.01. The molecule has 2 aliphatic heterocycles. The second-order valence-electron chi connectivity index (χ2n) is 6.55. The summed E-state index contributed by atoms with van der Waals surface area (Å²) in [5.41, 5.74) is -0.0483. The SMILES string of the molecule is O=CC1(CN2CC3CCC(C2)O3)CCCCCC1. The fourth-order valence-corrected chi connectivity index (χ4v) is 4.02. The summed E-state index contributed by atoms with van der Waals surface area (Å²) in [6, 6.07) is 0. The molecule has 2 heterocycles. The van der Waals surface area contributed by atoms with Gasteiger partial charge in [-0.25, -0.2) is 0 Å². The van der Waals surface area contributed by atoms with Crippen molar-refractivity contribution in [3.63, 3.8) is 0 Å². The highest BCUT2D eigenvalue weighted by molar-refractivity contribution is 5.59. The standard InChI is InChI=1S/C15H25NO2/c17-12-15(7-3-1-2-4-8-15)11-16-9-13-5-6-14(10-16)18-13/h12-14H,1-11H2. The predicted octanol–water partition coefficient (Wildman–Crippen LogP) is 2.39. The molecule has 0 aromatic heterocycles. The second-order valence-corrected chi connectivity index (χ2v) is 6.55. The van der Waals surface area contributed by atoms with Gasteiger partial charge in [0.2, 0.25) is 0 Å². The average molecular weight is 251 g/mol. The van der Waals surface area contributed by atoms with Crippen LogP contribution in [-0.2, 0) is 9.53 Å². The number of hydrogen-bond acceptors (Lipinski definition) is 3. The van der Waals surface area contributed by atoms with Gasteiger partial charge in [0.25, 0.3) is 0 Å². The number of nitrogens with zero attached hydrogens (tertiary/aromatic N) is 1. The highest BCUT2D eigenvalue weighted by atomic mass is 16.5. The van der Waals surface area contributed by atoms with Gasteiger partial charge < -0.3 is 9.53 Å². The normalized spacial score (nSPS) is 36.2. The van der Waals surface area contributed by atoms with Crippen molar-refractivity contribution in [2.24, 2.45) is 5.41 Å². The van der Waals surface area contributed by atoms with Gasteiger partial charge in [-0.15, -0.1) is 0 Å². The van der Waals surface area contributed by atoms with E-state index in [1.165, 1.54) is 44.8 Å². The molecule has 2 bridgehead atoms. The van der Waals surface area contributed by atoms with E-state index >= 15 is 0 Å². The van der Waals surface area contributed by atoms with Crippen LogP contribution >= 0.6 is 0 Å². The molecule has 0 aromatic carbocycles. The topological polar surface area (TPSA) is 29.5 Å². The van der Waals surface area contributed by atoms with Crippen LogP contribution in [-0.4, -0.2) is 43.0 Å². The van der Waals surface area contributed by atoms with E-state index in [0.717, 1.165) is 32.5 Å². The zero-order valence-electron chi connectivity index (χ0n) is 11.3. The number of carbonyl (C=O) groups is 1. The molecule has 3 aliphatic rings. The molecule has 1 aliphatic carbocycles. The molecule has 2 atom stereocenters. The van der Waals surface area contributed by atoms with Gasteiger partial charge in [0.15, 0.2) is 0 Å². The number of rotatable bonds is 3. The van der Waals surface area contributed by atoms with Gasteiger partial charge in [-0.3, -0.25) is 4.90 Å². The third-order valence-electron chi connectivity index (χ3n) is 5.01. The van der Waals surface area contributed by atoms with Crippen LogP contribution in [0.4, 0.5) is 0 Å². The summed E-state index contributed by atoms with van der Waals surface area (Å²) in [5.74, 6) is 0. The lowest BCUT2D eigenvalue weighted by atomic mass is 9.81. The lowest BCUT2D eigenvalue weighted by Crippen LogP contribution is -2.48. The molecule has 0 amide bonds. The Hall–Kier alpha value is -0.410. The first-order chi connectivity index (χ1) is 8.80. The largest absolute Gasteiger partial charge is 0.372 e. The Labute approximate surface area is 110 Å². The molecule has 1 saturated carbocycles. The van der Waals surface area contributed by atoms with Crippen molar-refractivity contribution in [1.29, 1.82) is 0 Å². The number of morpholine rings is 1. The first kappa shape index (κ1) is 12.6. The number of aldehydes is 1. The Morgan fingerprint density at radius 3 is 2.22 bits per heavy atom. The summed E-state index contributed by atoms with van der Waals surface area (Å²) in [5, 5.41) is 0. The van der Waals surface area contributed by atoms with Gasteiger partial charge >= 0.3 is 0 Å². The maximum absolute atomic E-state index is 11.6. The summed E-state index contributed by atoms with van der Waals surface area (Å²) in [4.78, 5) is 14.1. The molecule has 3 rings (SSSR count). The minimum Gasteiger partial charge on any atom is -0.372 e. The fourth-order valence-electron chi connectivity index (χ4n) is 4.02. The fraction of sp³-hybridized carbons (Fsp3) is 0.933. The molecular formula is C15H25NO2. The summed E-state index contributed by atoms with van der Waals surface area (Å²) >= 11 is 0. The van der Waals surface area contributed by atoms with Crippen LogP contribution in [0.15, 0.2) is 0 Å². The molecule has 0 N–H and O–H groups in total. The van der Waals surface area contributed by atoms with E-state index in [2.05, 4.69) is 4.90 Å². The molecule has 0 radical (unpaired) electrons. The van der Waals surface area contributed by atoms with Crippen LogP contribution in [0.5, 0.6) is 0 Å². The monoisotopic (exact) mass is 251 g/mol. The predicted molar refractivity (Wildman–Crippen MR) is 70.5 cm³/mol. The van der Waals surface area contributed by atoms with Crippen LogP contribution in [0.2, 0.25) is 0 Å². The third kappa shape index (κ3) is 2.62. The first-order valence-corrected chi connectivity index (χ1v) is 7.64. The van der Waals surface area contributed by atoms with Crippen LogP contribution in [0, 0.1) is 5.41 Å². The average Bonchev–Trinajstić information content (AvgIpc) is 2.61. The highest BCUT2D eigenvalue weighted by Crippen LogP contribution is 2.36. The number of likely N-dealkylation sites (tertiary alicyclic amines) is 1. The minimum atomic E-state index is -0.0483. The minimum absolute atomic E-state index is 0.0483. The van der Waals surface area contributed by atoms with Crippen molar-refractivity contribution >= 4 is 6.29 Å². The number of ether oxygens (including phenoxy) is 1. The lowest BCUT2D eigenvalue weighted by Gasteiger charge is -2.38. The van der Waals surface area contributed by atoms with Crippen LogP contribution < -0.4 is 0 Å². The lowest BCUT2D eigenvalue weighted by molar-refractivity contribution is -0.120. The van der Waals surface area contributed by atoms with Crippen molar-refractivity contribution in [3.05, 3.63) is 0 Å². The molecule has 2 saturated heterocycles. The van der Waals surface area contributed by atoms with E-state index < -0.39 is 0 Å². The Morgan fingerprint density at radius 1 is 1.06 bits per heavy atom. The van der Waals surface area contributed by atoms with E-state index in [1.807, 2.05) is 0 Å². The zero-order valence-corrected chi connectivity index (χ0v) is 11.3. The van der Waals surface area contributed by atoms with Crippen molar-refractivity contribution in [1.82, 2.24) is 4.90 Å². The summed E-state index contributed by atoms with van der Waals surface area (Å²) in [6.45, 7) is 3.07. The van der Waals surface area contributed by atoms with E-state index in [-0.39, 0.29) is 5.41 Å². The van der Waals surface area contributed by atoms with Crippen molar-refractivity contribution in [3.8, 4) is 0 Å². The Bertz CT molecular complexity index is 285. The molecule has 3 nitrogen and oxygen atoms in total. The van der Waals surface area contributed by atoms with Crippen molar-refractivity contribution in [2.45, 2.75) is 63.6 Å². The van der Waals surface area contributed by atoms with Gasteiger partial charge in [-0.05, 0) is 25.7 Å². The molecule has 18 heavy (non-hydrogen) atoms. The van der Waals surface area contributed by atoms with E-state index in [1.54, 1.807) is 0 Å². The van der Waals surface area contributed by atoms with E-state index in [9.17, 15) is 4.79 Å². The second kappa shape index (κ2) is 5.30. The zero-order chi connectivity index (χ0) is 12.4. The smallest absolute Gasteiger partial charge is 0.127 e. The summed E-state index contributed by atoms with van der Waals surface area (Å²) in [6.07, 6.45) is 11.9.